The van der Waals surface area contributed by atoms with Crippen LogP contribution in [-0.2, 0) is 4.79 Å². The second-order valence-corrected chi connectivity index (χ2v) is 6.24. The summed E-state index contributed by atoms with van der Waals surface area (Å²) in [5, 5.41) is 12.5. The van der Waals surface area contributed by atoms with Gasteiger partial charge in [0.1, 0.15) is 5.75 Å². The number of aromatic hydroxyl groups is 1. The number of carbonyl (C=O) groups is 1. The molecule has 1 aliphatic rings. The molecule has 1 fully saturated rings. The number of benzene rings is 2. The topological polar surface area (TPSA) is 55.8 Å². The predicted octanol–water partition coefficient (Wildman–Crippen LogP) is 2.82. The molecule has 7 heteroatoms. The first-order chi connectivity index (χ1) is 12.5. The number of carbonyl (C=O) groups excluding carboxylic acids is 1. The number of hydrogen-bond donors (Lipinski definition) is 2. The lowest BCUT2D eigenvalue weighted by Crippen LogP contribution is -2.47. The summed E-state index contributed by atoms with van der Waals surface area (Å²) < 4.78 is 26.0. The number of amides is 1. The lowest BCUT2D eigenvalue weighted by atomic mass is 10.2. The van der Waals surface area contributed by atoms with Crippen LogP contribution >= 0.6 is 0 Å². The summed E-state index contributed by atoms with van der Waals surface area (Å²) in [6.45, 7) is 3.69. The molecular formula is C19H21F2N3O2. The number of nitrogens with zero attached hydrogens (tertiary/aromatic N) is 2. The van der Waals surface area contributed by atoms with Gasteiger partial charge in [-0.2, -0.15) is 0 Å². The number of phenols is 1. The Morgan fingerprint density at radius 2 is 1.77 bits per heavy atom. The number of phenolic OH excluding ortho intramolecular Hbond substituents is 1. The van der Waals surface area contributed by atoms with Crippen LogP contribution in [0.4, 0.5) is 20.2 Å². The standard InChI is InChI=1S/C19H21F2N3O2/c20-15-6-5-14(13-16(15)21)22-19(26)7-8-23-9-11-24(12-10-23)17-3-1-2-4-18(17)25/h1-6,13,25H,7-12H2,(H,22,26). The van der Waals surface area contributed by atoms with Gasteiger partial charge in [-0.1, -0.05) is 12.1 Å². The minimum atomic E-state index is -0.983. The van der Waals surface area contributed by atoms with E-state index in [1.54, 1.807) is 12.1 Å². The average molecular weight is 361 g/mol. The van der Waals surface area contributed by atoms with Gasteiger partial charge in [0.05, 0.1) is 5.69 Å². The van der Waals surface area contributed by atoms with E-state index in [4.69, 9.17) is 0 Å². The molecule has 0 saturated carbocycles. The Morgan fingerprint density at radius 1 is 1.04 bits per heavy atom. The summed E-state index contributed by atoms with van der Waals surface area (Å²) in [5.41, 5.74) is 1.07. The molecule has 2 aromatic carbocycles. The number of hydrogen-bond acceptors (Lipinski definition) is 4. The van der Waals surface area contributed by atoms with E-state index in [1.807, 2.05) is 12.1 Å². The van der Waals surface area contributed by atoms with E-state index in [-0.39, 0.29) is 23.8 Å². The van der Waals surface area contributed by atoms with E-state index >= 15 is 0 Å². The highest BCUT2D eigenvalue weighted by atomic mass is 19.2. The molecule has 0 aromatic heterocycles. The van der Waals surface area contributed by atoms with Crippen molar-refractivity contribution in [1.82, 2.24) is 4.90 Å². The van der Waals surface area contributed by atoms with Crippen LogP contribution in [0.5, 0.6) is 5.75 Å². The highest BCUT2D eigenvalue weighted by Gasteiger charge is 2.19. The molecule has 3 rings (SSSR count). The maximum absolute atomic E-state index is 13.2. The number of piperazine rings is 1. The highest BCUT2D eigenvalue weighted by Crippen LogP contribution is 2.27. The second kappa shape index (κ2) is 8.14. The van der Waals surface area contributed by atoms with Crippen molar-refractivity contribution in [3.05, 3.63) is 54.1 Å². The Labute approximate surface area is 150 Å². The van der Waals surface area contributed by atoms with E-state index < -0.39 is 11.6 Å². The summed E-state index contributed by atoms with van der Waals surface area (Å²) in [6.07, 6.45) is 0.273. The van der Waals surface area contributed by atoms with Crippen LogP contribution in [0.3, 0.4) is 0 Å². The zero-order valence-electron chi connectivity index (χ0n) is 14.3. The van der Waals surface area contributed by atoms with Crippen molar-refractivity contribution in [2.24, 2.45) is 0 Å². The van der Waals surface area contributed by atoms with Gasteiger partial charge < -0.3 is 15.3 Å². The summed E-state index contributed by atoms with van der Waals surface area (Å²) in [7, 11) is 0. The Morgan fingerprint density at radius 3 is 2.46 bits per heavy atom. The average Bonchev–Trinajstić information content (AvgIpc) is 2.64. The summed E-state index contributed by atoms with van der Waals surface area (Å²) in [5.74, 6) is -1.89. The summed E-state index contributed by atoms with van der Waals surface area (Å²) in [4.78, 5) is 16.3. The number of anilines is 2. The summed E-state index contributed by atoms with van der Waals surface area (Å²) in [6, 6.07) is 10.5. The third kappa shape index (κ3) is 4.49. The van der Waals surface area contributed by atoms with Gasteiger partial charge in [-0.15, -0.1) is 0 Å². The van der Waals surface area contributed by atoms with Crippen LogP contribution in [0.2, 0.25) is 0 Å². The van der Waals surface area contributed by atoms with Crippen LogP contribution in [0.15, 0.2) is 42.5 Å². The lowest BCUT2D eigenvalue weighted by molar-refractivity contribution is -0.116. The number of halogens is 2. The Bertz CT molecular complexity index is 777. The fourth-order valence-electron chi connectivity index (χ4n) is 3.00. The second-order valence-electron chi connectivity index (χ2n) is 6.24. The number of nitrogens with one attached hydrogen (secondary N) is 1. The van der Waals surface area contributed by atoms with E-state index in [0.29, 0.717) is 6.54 Å². The van der Waals surface area contributed by atoms with Crippen LogP contribution in [-0.4, -0.2) is 48.6 Å². The molecule has 0 aliphatic carbocycles. The molecule has 0 radical (unpaired) electrons. The lowest BCUT2D eigenvalue weighted by Gasteiger charge is -2.36. The minimum Gasteiger partial charge on any atom is -0.506 e. The van der Waals surface area contributed by atoms with Crippen molar-refractivity contribution in [2.75, 3.05) is 42.9 Å². The fraction of sp³-hybridized carbons (Fsp3) is 0.316. The molecule has 0 spiro atoms. The van der Waals surface area contributed by atoms with Crippen molar-refractivity contribution < 1.29 is 18.7 Å². The molecule has 138 valence electrons. The van der Waals surface area contributed by atoms with Crippen molar-refractivity contribution in [2.45, 2.75) is 6.42 Å². The molecule has 26 heavy (non-hydrogen) atoms. The van der Waals surface area contributed by atoms with E-state index in [2.05, 4.69) is 15.1 Å². The van der Waals surface area contributed by atoms with E-state index in [1.165, 1.54) is 6.07 Å². The van der Waals surface area contributed by atoms with E-state index in [9.17, 15) is 18.7 Å². The third-order valence-corrected chi connectivity index (χ3v) is 4.45. The van der Waals surface area contributed by atoms with Crippen molar-refractivity contribution >= 4 is 17.3 Å². The fourth-order valence-corrected chi connectivity index (χ4v) is 3.00. The Kier molecular flexibility index (Phi) is 5.68. The Balaban J connectivity index is 1.44. The minimum absolute atomic E-state index is 0.237. The van der Waals surface area contributed by atoms with Gasteiger partial charge in [0.2, 0.25) is 5.91 Å². The molecule has 1 amide bonds. The van der Waals surface area contributed by atoms with Gasteiger partial charge in [0.25, 0.3) is 0 Å². The molecule has 1 saturated heterocycles. The molecular weight excluding hydrogens is 340 g/mol. The van der Waals surface area contributed by atoms with Crippen LogP contribution < -0.4 is 10.2 Å². The van der Waals surface area contributed by atoms with Crippen LogP contribution in [0.1, 0.15) is 6.42 Å². The van der Waals surface area contributed by atoms with E-state index in [0.717, 1.165) is 44.0 Å². The third-order valence-electron chi connectivity index (χ3n) is 4.45. The first-order valence-corrected chi connectivity index (χ1v) is 8.53. The smallest absolute Gasteiger partial charge is 0.225 e. The van der Waals surface area contributed by atoms with Crippen molar-refractivity contribution in [1.29, 1.82) is 0 Å². The molecule has 0 unspecified atom stereocenters. The largest absolute Gasteiger partial charge is 0.506 e. The first-order valence-electron chi connectivity index (χ1n) is 8.53. The zero-order chi connectivity index (χ0) is 18.5. The zero-order valence-corrected chi connectivity index (χ0v) is 14.3. The number of rotatable bonds is 5. The molecule has 1 heterocycles. The monoisotopic (exact) mass is 361 g/mol. The SMILES string of the molecule is O=C(CCN1CCN(c2ccccc2O)CC1)Nc1ccc(F)c(F)c1. The predicted molar refractivity (Wildman–Crippen MR) is 96.4 cm³/mol. The van der Waals surface area contributed by atoms with Gasteiger partial charge in [-0.25, -0.2) is 8.78 Å². The highest BCUT2D eigenvalue weighted by molar-refractivity contribution is 5.90. The summed E-state index contributed by atoms with van der Waals surface area (Å²) >= 11 is 0. The number of para-hydroxylation sites is 2. The van der Waals surface area contributed by atoms with Gasteiger partial charge >= 0.3 is 0 Å². The normalized spacial score (nSPS) is 15.1. The maximum Gasteiger partial charge on any atom is 0.225 e. The quantitative estimate of drug-likeness (QED) is 0.860. The van der Waals surface area contributed by atoms with Gasteiger partial charge in [0, 0.05) is 50.9 Å². The molecule has 0 atom stereocenters. The van der Waals surface area contributed by atoms with Gasteiger partial charge in [-0.3, -0.25) is 9.69 Å². The Hall–Kier alpha value is -2.67. The van der Waals surface area contributed by atoms with Gasteiger partial charge in [-0.05, 0) is 24.3 Å². The molecule has 5 nitrogen and oxygen atoms in total. The first kappa shape index (κ1) is 18.1. The van der Waals surface area contributed by atoms with Crippen molar-refractivity contribution in [3.8, 4) is 5.75 Å². The maximum atomic E-state index is 13.2. The molecule has 2 aromatic rings. The molecule has 0 bridgehead atoms. The van der Waals surface area contributed by atoms with Gasteiger partial charge in [0.15, 0.2) is 11.6 Å². The molecule has 1 aliphatic heterocycles. The van der Waals surface area contributed by atoms with Crippen LogP contribution in [0, 0.1) is 11.6 Å². The van der Waals surface area contributed by atoms with Crippen LogP contribution in [0.25, 0.3) is 0 Å². The molecule has 2 N–H and O–H groups in total. The van der Waals surface area contributed by atoms with Crippen molar-refractivity contribution in [3.63, 3.8) is 0 Å².